The normalized spacial score (nSPS) is 11.2. The molecule has 2 aromatic heterocycles. The van der Waals surface area contributed by atoms with E-state index in [0.29, 0.717) is 0 Å². The van der Waals surface area contributed by atoms with Gasteiger partial charge in [0.2, 0.25) is 0 Å². The maximum Gasteiger partial charge on any atom is 0.0493 e. The van der Waals surface area contributed by atoms with E-state index in [0.717, 1.165) is 36.6 Å². The predicted molar refractivity (Wildman–Crippen MR) is 138 cm³/mol. The molecule has 0 aliphatic carbocycles. The molecule has 0 aliphatic rings. The van der Waals surface area contributed by atoms with Gasteiger partial charge < -0.3 is 14.9 Å². The summed E-state index contributed by atoms with van der Waals surface area (Å²) in [5.74, 6) is 0. The molecule has 0 spiro atoms. The molecule has 0 fully saturated rings. The minimum absolute atomic E-state index is 0. The summed E-state index contributed by atoms with van der Waals surface area (Å²) in [5.41, 5.74) is 7.62. The summed E-state index contributed by atoms with van der Waals surface area (Å²) in [6.07, 6.45) is 3.13. The van der Waals surface area contributed by atoms with Crippen LogP contribution in [0.5, 0.6) is 0 Å². The fraction of sp³-hybridized carbons (Fsp3) is 0.185. The highest BCUT2D eigenvalue weighted by molar-refractivity contribution is 6.31. The monoisotopic (exact) mass is 463 g/mol. The minimum Gasteiger partial charge on any atom is -0.361 e. The Morgan fingerprint density at radius 3 is 2.44 bits per heavy atom. The van der Waals surface area contributed by atoms with Gasteiger partial charge in [0.25, 0.3) is 0 Å². The van der Waals surface area contributed by atoms with Crippen LogP contribution in [-0.4, -0.2) is 16.1 Å². The number of H-pyrrole nitrogens is 1. The highest BCUT2D eigenvalue weighted by Crippen LogP contribution is 2.28. The van der Waals surface area contributed by atoms with Gasteiger partial charge in [-0.1, -0.05) is 66.2 Å². The SMILES string of the molecule is Cc1c(CNCCc2c[nH]c3ccccc23)c2ccccc2n1Cc1ccccc1Cl.Cl. The van der Waals surface area contributed by atoms with Crippen LogP contribution >= 0.6 is 24.0 Å². The van der Waals surface area contributed by atoms with Crippen LogP contribution in [0.1, 0.15) is 22.4 Å². The van der Waals surface area contributed by atoms with Crippen molar-refractivity contribution in [1.29, 1.82) is 0 Å². The van der Waals surface area contributed by atoms with E-state index in [1.807, 2.05) is 12.1 Å². The van der Waals surface area contributed by atoms with Crippen LogP contribution in [-0.2, 0) is 19.5 Å². The van der Waals surface area contributed by atoms with E-state index in [4.69, 9.17) is 11.6 Å². The quantitative estimate of drug-likeness (QED) is 0.253. The van der Waals surface area contributed by atoms with Crippen LogP contribution in [0.25, 0.3) is 21.8 Å². The number of benzene rings is 3. The molecule has 164 valence electrons. The molecular weight excluding hydrogens is 437 g/mol. The van der Waals surface area contributed by atoms with E-state index in [9.17, 15) is 0 Å². The van der Waals surface area contributed by atoms with Gasteiger partial charge in [0.1, 0.15) is 0 Å². The molecule has 0 radical (unpaired) electrons. The number of rotatable bonds is 7. The standard InChI is InChI=1S/C27H26ClN3.ClH/c1-19-24(17-29-15-14-20-16-30-26-12-6-3-9-22(20)26)23-10-4-7-13-27(23)31(19)18-21-8-2-5-11-25(21)28;/h2-13,16,29-30H,14-15,17-18H2,1H3;1H. The first-order valence-corrected chi connectivity index (χ1v) is 11.2. The zero-order valence-corrected chi connectivity index (χ0v) is 19.6. The summed E-state index contributed by atoms with van der Waals surface area (Å²) in [6, 6.07) is 25.3. The van der Waals surface area contributed by atoms with Crippen molar-refractivity contribution in [3.63, 3.8) is 0 Å². The number of para-hydroxylation sites is 2. The Bertz CT molecular complexity index is 1350. The number of fused-ring (bicyclic) bond motifs is 2. The molecule has 5 rings (SSSR count). The molecule has 2 N–H and O–H groups in total. The van der Waals surface area contributed by atoms with Gasteiger partial charge in [-0.25, -0.2) is 0 Å². The van der Waals surface area contributed by atoms with Crippen molar-refractivity contribution in [2.75, 3.05) is 6.54 Å². The zero-order chi connectivity index (χ0) is 21.2. The number of hydrogen-bond acceptors (Lipinski definition) is 1. The summed E-state index contributed by atoms with van der Waals surface area (Å²) in [6.45, 7) is 4.78. The van der Waals surface area contributed by atoms with E-state index in [1.54, 1.807) is 0 Å². The minimum atomic E-state index is 0. The first kappa shape index (κ1) is 22.5. The van der Waals surface area contributed by atoms with Crippen molar-refractivity contribution in [3.05, 3.63) is 106 Å². The molecule has 0 bridgehead atoms. The zero-order valence-electron chi connectivity index (χ0n) is 18.1. The van der Waals surface area contributed by atoms with Crippen molar-refractivity contribution in [2.45, 2.75) is 26.4 Å². The Morgan fingerprint density at radius 2 is 1.59 bits per heavy atom. The van der Waals surface area contributed by atoms with E-state index in [-0.39, 0.29) is 12.4 Å². The van der Waals surface area contributed by atoms with E-state index in [2.05, 4.69) is 88.7 Å². The van der Waals surface area contributed by atoms with E-state index < -0.39 is 0 Å². The highest BCUT2D eigenvalue weighted by atomic mass is 35.5. The van der Waals surface area contributed by atoms with E-state index >= 15 is 0 Å². The molecule has 0 saturated carbocycles. The lowest BCUT2D eigenvalue weighted by atomic mass is 10.1. The highest BCUT2D eigenvalue weighted by Gasteiger charge is 2.14. The Hall–Kier alpha value is -2.72. The Balaban J connectivity index is 0.00000245. The fourth-order valence-electron chi connectivity index (χ4n) is 4.50. The molecule has 0 saturated heterocycles. The van der Waals surface area contributed by atoms with Crippen molar-refractivity contribution in [2.24, 2.45) is 0 Å². The number of aromatic amines is 1. The van der Waals surface area contributed by atoms with Gasteiger partial charge in [0.05, 0.1) is 0 Å². The summed E-state index contributed by atoms with van der Waals surface area (Å²) < 4.78 is 2.38. The van der Waals surface area contributed by atoms with Gasteiger partial charge >= 0.3 is 0 Å². The second kappa shape index (κ2) is 9.83. The van der Waals surface area contributed by atoms with Gasteiger partial charge in [-0.15, -0.1) is 12.4 Å². The number of nitrogens with zero attached hydrogens (tertiary/aromatic N) is 1. The molecular formula is C27H27Cl2N3. The van der Waals surface area contributed by atoms with E-state index in [1.165, 1.54) is 38.6 Å². The maximum atomic E-state index is 6.45. The summed E-state index contributed by atoms with van der Waals surface area (Å²) in [4.78, 5) is 3.37. The van der Waals surface area contributed by atoms with Gasteiger partial charge in [-0.05, 0) is 54.8 Å². The van der Waals surface area contributed by atoms with Crippen LogP contribution in [0.4, 0.5) is 0 Å². The lowest BCUT2D eigenvalue weighted by Crippen LogP contribution is -2.17. The van der Waals surface area contributed by atoms with Crippen LogP contribution in [0.15, 0.2) is 79.0 Å². The summed E-state index contributed by atoms with van der Waals surface area (Å²) >= 11 is 6.45. The van der Waals surface area contributed by atoms with Gasteiger partial charge in [-0.2, -0.15) is 0 Å². The first-order valence-electron chi connectivity index (χ1n) is 10.8. The number of halogens is 2. The third-order valence-corrected chi connectivity index (χ3v) is 6.56. The van der Waals surface area contributed by atoms with Gasteiger partial charge in [0, 0.05) is 51.8 Å². The Morgan fingerprint density at radius 1 is 0.875 bits per heavy atom. The molecule has 0 amide bonds. The van der Waals surface area contributed by atoms with Crippen molar-refractivity contribution >= 4 is 45.8 Å². The molecule has 32 heavy (non-hydrogen) atoms. The first-order chi connectivity index (χ1) is 15.2. The molecule has 0 atom stereocenters. The van der Waals surface area contributed by atoms with Crippen LogP contribution in [0.3, 0.4) is 0 Å². The molecule has 0 unspecified atom stereocenters. The molecule has 5 heteroatoms. The third-order valence-electron chi connectivity index (χ3n) is 6.20. The summed E-state index contributed by atoms with van der Waals surface area (Å²) in [5, 5.41) is 7.12. The van der Waals surface area contributed by atoms with Gasteiger partial charge in [-0.3, -0.25) is 0 Å². The van der Waals surface area contributed by atoms with Crippen molar-refractivity contribution in [1.82, 2.24) is 14.9 Å². The average Bonchev–Trinajstić information content (AvgIpc) is 3.32. The topological polar surface area (TPSA) is 32.8 Å². The second-order valence-corrected chi connectivity index (χ2v) is 8.45. The van der Waals surface area contributed by atoms with Crippen molar-refractivity contribution < 1.29 is 0 Å². The third kappa shape index (κ3) is 4.29. The molecule has 2 heterocycles. The molecule has 0 aliphatic heterocycles. The molecule has 3 aromatic carbocycles. The number of nitrogens with one attached hydrogen (secondary N) is 2. The van der Waals surface area contributed by atoms with Crippen LogP contribution < -0.4 is 5.32 Å². The molecule has 3 nitrogen and oxygen atoms in total. The largest absolute Gasteiger partial charge is 0.361 e. The second-order valence-electron chi connectivity index (χ2n) is 8.04. The lowest BCUT2D eigenvalue weighted by molar-refractivity contribution is 0.682. The van der Waals surface area contributed by atoms with Crippen LogP contribution in [0, 0.1) is 6.92 Å². The number of aromatic nitrogens is 2. The summed E-state index contributed by atoms with van der Waals surface area (Å²) in [7, 11) is 0. The predicted octanol–water partition coefficient (Wildman–Crippen LogP) is 6.89. The Labute approximate surface area is 199 Å². The number of hydrogen-bond donors (Lipinski definition) is 2. The van der Waals surface area contributed by atoms with Gasteiger partial charge in [0.15, 0.2) is 0 Å². The average molecular weight is 464 g/mol. The lowest BCUT2D eigenvalue weighted by Gasteiger charge is -2.11. The smallest absolute Gasteiger partial charge is 0.0493 e. The maximum absolute atomic E-state index is 6.45. The molecule has 5 aromatic rings. The Kier molecular flexibility index (Phi) is 6.90. The van der Waals surface area contributed by atoms with Crippen LogP contribution in [0.2, 0.25) is 5.02 Å². The fourth-order valence-corrected chi connectivity index (χ4v) is 4.70. The van der Waals surface area contributed by atoms with Crippen molar-refractivity contribution in [3.8, 4) is 0 Å².